The Morgan fingerprint density at radius 3 is 1.31 bits per heavy atom. The molecular formula is C10H24OSi2. The van der Waals surface area contributed by atoms with Crippen molar-refractivity contribution in [1.29, 1.82) is 0 Å². The lowest BCUT2D eigenvalue weighted by Crippen LogP contribution is -2.26. The van der Waals surface area contributed by atoms with Gasteiger partial charge in [-0.2, -0.15) is 0 Å². The third-order valence-electron chi connectivity index (χ3n) is 2.25. The van der Waals surface area contributed by atoms with E-state index in [9.17, 15) is 0 Å². The van der Waals surface area contributed by atoms with Gasteiger partial charge in [0.25, 0.3) is 0 Å². The van der Waals surface area contributed by atoms with Gasteiger partial charge in [0.05, 0.1) is 29.0 Å². The predicted molar refractivity (Wildman–Crippen MR) is 65.9 cm³/mol. The topological polar surface area (TPSA) is 9.23 Å². The van der Waals surface area contributed by atoms with E-state index >= 15 is 0 Å². The van der Waals surface area contributed by atoms with Crippen molar-refractivity contribution in [3.05, 3.63) is 11.5 Å². The highest BCUT2D eigenvalue weighted by Crippen LogP contribution is 2.22. The zero-order valence-corrected chi connectivity index (χ0v) is 12.3. The molecule has 0 N–H and O–H groups in total. The van der Waals surface area contributed by atoms with Crippen LogP contribution < -0.4 is 0 Å². The van der Waals surface area contributed by atoms with Crippen LogP contribution in [0.4, 0.5) is 0 Å². The molecule has 0 amide bonds. The average molecular weight is 216 g/mol. The van der Waals surface area contributed by atoms with E-state index < -0.39 is 17.6 Å². The number of hydrogen-bond donors (Lipinski definition) is 0. The molecule has 1 nitrogen and oxygen atoms in total. The first-order chi connectivity index (χ1) is 6.02. The second-order valence-electron chi connectivity index (χ2n) is 4.05. The van der Waals surface area contributed by atoms with Gasteiger partial charge in [-0.3, -0.25) is 0 Å². The smallest absolute Gasteiger partial charge is 0.0799 e. The van der Waals surface area contributed by atoms with Crippen molar-refractivity contribution < 1.29 is 4.74 Å². The summed E-state index contributed by atoms with van der Waals surface area (Å²) in [4.78, 5) is 0. The van der Waals surface area contributed by atoms with Crippen LogP contribution in [-0.2, 0) is 4.74 Å². The van der Waals surface area contributed by atoms with Crippen LogP contribution in [0.3, 0.4) is 0 Å². The van der Waals surface area contributed by atoms with Crippen LogP contribution >= 0.6 is 0 Å². The molecule has 0 aliphatic rings. The number of hydrogen-bond acceptors (Lipinski definition) is 1. The molecule has 0 aromatic carbocycles. The maximum atomic E-state index is 6.03. The van der Waals surface area contributed by atoms with E-state index in [4.69, 9.17) is 4.74 Å². The van der Waals surface area contributed by atoms with Crippen LogP contribution in [0.25, 0.3) is 0 Å². The fourth-order valence-electron chi connectivity index (χ4n) is 1.36. The van der Waals surface area contributed by atoms with Gasteiger partial charge in [-0.1, -0.05) is 40.0 Å². The maximum absolute atomic E-state index is 6.03. The highest BCUT2D eigenvalue weighted by atomic mass is 28.3. The number of ether oxygens (including phenoxy) is 1. The quantitative estimate of drug-likeness (QED) is 0.620. The molecule has 2 radical (unpaired) electrons. The van der Waals surface area contributed by atoms with Crippen LogP contribution in [0.2, 0.25) is 26.2 Å². The Hall–Kier alpha value is 0.394. The van der Waals surface area contributed by atoms with Gasteiger partial charge in [0, 0.05) is 0 Å². The van der Waals surface area contributed by atoms with E-state index in [2.05, 4.69) is 40.0 Å². The first-order valence-corrected chi connectivity index (χ1v) is 11.2. The maximum Gasteiger partial charge on any atom is 0.0799 e. The third kappa shape index (κ3) is 4.98. The fraction of sp³-hybridized carbons (Fsp3) is 0.800. The minimum absolute atomic E-state index is 0.701. The van der Waals surface area contributed by atoms with Crippen LogP contribution in [0.1, 0.15) is 26.7 Å². The van der Waals surface area contributed by atoms with Crippen molar-refractivity contribution in [3.8, 4) is 0 Å². The second kappa shape index (κ2) is 6.79. The van der Waals surface area contributed by atoms with Gasteiger partial charge in [0.15, 0.2) is 0 Å². The molecule has 0 aliphatic carbocycles. The molecule has 13 heavy (non-hydrogen) atoms. The first-order valence-electron chi connectivity index (χ1n) is 5.42. The summed E-state index contributed by atoms with van der Waals surface area (Å²) >= 11 is 0. The summed E-state index contributed by atoms with van der Waals surface area (Å²) in [6, 6.07) is 0. The summed E-state index contributed by atoms with van der Waals surface area (Å²) in [5.41, 5.74) is 2.77. The monoisotopic (exact) mass is 216 g/mol. The van der Waals surface area contributed by atoms with E-state index in [1.54, 1.807) is 0 Å². The minimum Gasteiger partial charge on any atom is -0.371 e. The highest BCUT2D eigenvalue weighted by molar-refractivity contribution is 6.63. The van der Waals surface area contributed by atoms with Crippen LogP contribution in [0.15, 0.2) is 0 Å². The first kappa shape index (κ1) is 13.4. The summed E-state index contributed by atoms with van der Waals surface area (Å²) in [6.45, 7) is 13.8. The molecule has 0 heterocycles. The lowest BCUT2D eigenvalue weighted by atomic mass is 10.5. The average Bonchev–Trinajstić information content (AvgIpc) is 2.05. The molecule has 0 aromatic rings. The molecule has 0 fully saturated rings. The Kier molecular flexibility index (Phi) is 7.00. The molecule has 0 aliphatic heterocycles. The second-order valence-corrected chi connectivity index (χ2v) is 9.96. The van der Waals surface area contributed by atoms with Gasteiger partial charge in [-0.15, -0.1) is 0 Å². The van der Waals surface area contributed by atoms with E-state index in [1.165, 1.54) is 11.5 Å². The molecule has 0 atom stereocenters. The largest absolute Gasteiger partial charge is 0.371 e. The Labute approximate surface area is 87.1 Å². The molecule has 3 heteroatoms. The normalized spacial score (nSPS) is 12.5. The van der Waals surface area contributed by atoms with Crippen molar-refractivity contribution in [2.75, 3.05) is 0 Å². The summed E-state index contributed by atoms with van der Waals surface area (Å²) in [5, 5.41) is 0. The third-order valence-corrected chi connectivity index (χ3v) is 5.88. The number of rotatable bonds is 6. The van der Waals surface area contributed by atoms with E-state index in [0.717, 1.165) is 12.8 Å². The van der Waals surface area contributed by atoms with Gasteiger partial charge in [-0.05, 0) is 12.8 Å². The molecule has 0 saturated heterocycles. The minimum atomic E-state index is -0.701. The molecule has 0 bridgehead atoms. The SMILES string of the molecule is CC[C](O[C](CC)[SiH](C)C)[SiH](C)C. The van der Waals surface area contributed by atoms with Crippen molar-refractivity contribution in [2.45, 2.75) is 52.9 Å². The molecule has 0 rings (SSSR count). The van der Waals surface area contributed by atoms with Gasteiger partial charge < -0.3 is 4.74 Å². The molecule has 78 valence electrons. The van der Waals surface area contributed by atoms with Gasteiger partial charge in [-0.25, -0.2) is 0 Å². The molecule has 0 spiro atoms. The Balaban J connectivity index is 4.03. The van der Waals surface area contributed by atoms with Crippen molar-refractivity contribution >= 4 is 17.6 Å². The summed E-state index contributed by atoms with van der Waals surface area (Å²) in [7, 11) is -1.40. The van der Waals surface area contributed by atoms with Gasteiger partial charge in [0.1, 0.15) is 0 Å². The van der Waals surface area contributed by atoms with E-state index in [1.807, 2.05) is 0 Å². The van der Waals surface area contributed by atoms with Crippen LogP contribution in [0, 0.1) is 11.5 Å². The summed E-state index contributed by atoms with van der Waals surface area (Å²) in [5.74, 6) is 0. The van der Waals surface area contributed by atoms with Gasteiger partial charge in [0.2, 0.25) is 0 Å². The molecule has 0 saturated carbocycles. The fourth-order valence-corrected chi connectivity index (χ4v) is 3.91. The van der Waals surface area contributed by atoms with E-state index in [-0.39, 0.29) is 0 Å². The Morgan fingerprint density at radius 2 is 1.15 bits per heavy atom. The van der Waals surface area contributed by atoms with Crippen molar-refractivity contribution in [1.82, 2.24) is 0 Å². The van der Waals surface area contributed by atoms with Crippen molar-refractivity contribution in [2.24, 2.45) is 0 Å². The standard InChI is InChI=1S/C10H24OSi2/c1-7-9(12(3)4)11-10(8-2)13(5)6/h12-13H,7-8H2,1-6H3. The van der Waals surface area contributed by atoms with Crippen LogP contribution in [-0.4, -0.2) is 17.6 Å². The molecular weight excluding hydrogens is 192 g/mol. The van der Waals surface area contributed by atoms with E-state index in [0.29, 0.717) is 0 Å². The van der Waals surface area contributed by atoms with Crippen LogP contribution in [0.5, 0.6) is 0 Å². The highest BCUT2D eigenvalue weighted by Gasteiger charge is 2.22. The summed E-state index contributed by atoms with van der Waals surface area (Å²) in [6.07, 6.45) is 2.21. The lowest BCUT2D eigenvalue weighted by molar-refractivity contribution is 0.210. The molecule has 0 unspecified atom stereocenters. The Morgan fingerprint density at radius 1 is 0.846 bits per heavy atom. The lowest BCUT2D eigenvalue weighted by Gasteiger charge is -2.25. The Bertz CT molecular complexity index is 112. The van der Waals surface area contributed by atoms with Gasteiger partial charge >= 0.3 is 0 Å². The molecule has 0 aromatic heterocycles. The summed E-state index contributed by atoms with van der Waals surface area (Å²) < 4.78 is 6.03. The zero-order chi connectivity index (χ0) is 10.4. The zero-order valence-electron chi connectivity index (χ0n) is 9.98. The van der Waals surface area contributed by atoms with Crippen molar-refractivity contribution in [3.63, 3.8) is 0 Å². The predicted octanol–water partition coefficient (Wildman–Crippen LogP) is 2.94.